The molecule has 0 saturated carbocycles. The highest BCUT2D eigenvalue weighted by Crippen LogP contribution is 2.26. The third-order valence-electron chi connectivity index (χ3n) is 6.18. The van der Waals surface area contributed by atoms with Crippen LogP contribution < -0.4 is 5.32 Å². The van der Waals surface area contributed by atoms with Crippen LogP contribution in [0, 0.1) is 32.1 Å². The number of aromatic nitrogens is 2. The fraction of sp³-hybridized carbons (Fsp3) is 0.417. The number of hydrogen-bond acceptors (Lipinski definition) is 8. The van der Waals surface area contributed by atoms with Crippen LogP contribution in [-0.4, -0.2) is 58.6 Å². The van der Waals surface area contributed by atoms with E-state index in [1.807, 2.05) is 31.2 Å². The Morgan fingerprint density at radius 2 is 1.88 bits per heavy atom. The average molecular weight is 449 g/mol. The zero-order valence-electron chi connectivity index (χ0n) is 19.4. The lowest BCUT2D eigenvalue weighted by Crippen LogP contribution is -2.49. The van der Waals surface area contributed by atoms with E-state index in [2.05, 4.69) is 38.3 Å². The van der Waals surface area contributed by atoms with E-state index >= 15 is 0 Å². The van der Waals surface area contributed by atoms with Gasteiger partial charge in [-0.15, -0.1) is 0 Å². The third kappa shape index (κ3) is 4.97. The van der Waals surface area contributed by atoms with Gasteiger partial charge in [0.2, 0.25) is 23.5 Å². The summed E-state index contributed by atoms with van der Waals surface area (Å²) in [6.07, 6.45) is 0. The van der Waals surface area contributed by atoms with Gasteiger partial charge in [-0.2, -0.15) is 10.2 Å². The molecule has 1 unspecified atom stereocenters. The average Bonchev–Trinajstić information content (AvgIpc) is 3.39. The fourth-order valence-corrected chi connectivity index (χ4v) is 3.91. The number of anilines is 1. The van der Waals surface area contributed by atoms with E-state index in [1.165, 1.54) is 5.56 Å². The second kappa shape index (κ2) is 9.57. The molecule has 3 heterocycles. The van der Waals surface area contributed by atoms with Crippen molar-refractivity contribution in [1.82, 2.24) is 19.9 Å². The molecule has 1 fully saturated rings. The summed E-state index contributed by atoms with van der Waals surface area (Å²) in [5, 5.41) is 16.2. The van der Waals surface area contributed by atoms with Crippen molar-refractivity contribution in [1.29, 1.82) is 5.26 Å². The molecule has 33 heavy (non-hydrogen) atoms. The van der Waals surface area contributed by atoms with Gasteiger partial charge in [0.25, 0.3) is 0 Å². The van der Waals surface area contributed by atoms with E-state index in [1.54, 1.807) is 13.8 Å². The van der Waals surface area contributed by atoms with Gasteiger partial charge in [-0.3, -0.25) is 19.9 Å². The van der Waals surface area contributed by atoms with E-state index in [0.29, 0.717) is 23.0 Å². The number of nitrogens with zero attached hydrogens (tertiary/aromatic N) is 5. The fourth-order valence-electron chi connectivity index (χ4n) is 3.91. The van der Waals surface area contributed by atoms with Crippen molar-refractivity contribution < 1.29 is 13.7 Å². The molecule has 9 nitrogen and oxygen atoms in total. The highest BCUT2D eigenvalue weighted by Gasteiger charge is 2.27. The smallest absolute Gasteiger partial charge is 0.244 e. The van der Waals surface area contributed by atoms with Crippen LogP contribution in [0.1, 0.15) is 41.3 Å². The van der Waals surface area contributed by atoms with Crippen molar-refractivity contribution >= 4 is 11.8 Å². The maximum atomic E-state index is 12.5. The van der Waals surface area contributed by atoms with Gasteiger partial charge in [-0.1, -0.05) is 35.0 Å². The summed E-state index contributed by atoms with van der Waals surface area (Å²) in [7, 11) is 0. The summed E-state index contributed by atoms with van der Waals surface area (Å²) in [6.45, 7) is 10.9. The Hall–Kier alpha value is -3.48. The van der Waals surface area contributed by atoms with Gasteiger partial charge < -0.3 is 8.94 Å². The number of piperazine rings is 1. The third-order valence-corrected chi connectivity index (χ3v) is 6.18. The standard InChI is InChI=1S/C24H28N6O3/c1-15-5-7-19(8-6-15)22-27-23(33-28-22)17(3)30-11-9-29(10-12-30)14-21(31)26-24-20(13-25)16(2)18(4)32-24/h5-8,17H,9-12,14H2,1-4H3,(H,26,31). The van der Waals surface area contributed by atoms with Crippen LogP contribution in [0.5, 0.6) is 0 Å². The number of nitriles is 1. The zero-order chi connectivity index (χ0) is 23.5. The highest BCUT2D eigenvalue weighted by atomic mass is 16.5. The maximum absolute atomic E-state index is 12.5. The van der Waals surface area contributed by atoms with Crippen molar-refractivity contribution in [3.05, 3.63) is 52.6 Å². The molecule has 0 spiro atoms. The van der Waals surface area contributed by atoms with Crippen LogP contribution in [0.4, 0.5) is 5.88 Å². The number of aryl methyl sites for hydroxylation is 2. The van der Waals surface area contributed by atoms with Crippen molar-refractivity contribution in [3.8, 4) is 17.5 Å². The van der Waals surface area contributed by atoms with E-state index in [9.17, 15) is 10.1 Å². The second-order valence-electron chi connectivity index (χ2n) is 8.46. The summed E-state index contributed by atoms with van der Waals surface area (Å²) in [5.74, 6) is 1.85. The van der Waals surface area contributed by atoms with Gasteiger partial charge in [0.1, 0.15) is 17.4 Å². The number of hydrogen-bond donors (Lipinski definition) is 1. The van der Waals surface area contributed by atoms with E-state index < -0.39 is 0 Å². The molecule has 172 valence electrons. The number of rotatable bonds is 6. The molecule has 4 rings (SSSR count). The number of carbonyl (C=O) groups is 1. The summed E-state index contributed by atoms with van der Waals surface area (Å²) >= 11 is 0. The van der Waals surface area contributed by atoms with E-state index in [0.717, 1.165) is 37.3 Å². The van der Waals surface area contributed by atoms with Crippen molar-refractivity contribution in [3.63, 3.8) is 0 Å². The van der Waals surface area contributed by atoms with Crippen LogP contribution in [0.3, 0.4) is 0 Å². The largest absolute Gasteiger partial charge is 0.444 e. The Morgan fingerprint density at radius 1 is 1.18 bits per heavy atom. The second-order valence-corrected chi connectivity index (χ2v) is 8.46. The first kappa shape index (κ1) is 22.7. The lowest BCUT2D eigenvalue weighted by atomic mass is 10.1. The maximum Gasteiger partial charge on any atom is 0.244 e. The molecule has 1 N–H and O–H groups in total. The molecule has 1 amide bonds. The molecule has 0 radical (unpaired) electrons. The van der Waals surface area contributed by atoms with Crippen molar-refractivity contribution in [2.24, 2.45) is 0 Å². The summed E-state index contributed by atoms with van der Waals surface area (Å²) in [4.78, 5) is 21.4. The molecule has 3 aromatic rings. The van der Waals surface area contributed by atoms with Gasteiger partial charge in [-0.05, 0) is 27.7 Å². The monoisotopic (exact) mass is 448 g/mol. The minimum atomic E-state index is -0.193. The minimum absolute atomic E-state index is 0.0140. The molecule has 1 aliphatic heterocycles. The molecule has 0 bridgehead atoms. The molecule has 1 aromatic carbocycles. The van der Waals surface area contributed by atoms with Crippen LogP contribution in [-0.2, 0) is 4.79 Å². The van der Waals surface area contributed by atoms with Gasteiger partial charge in [0.05, 0.1) is 12.6 Å². The van der Waals surface area contributed by atoms with Crippen LogP contribution in [0.2, 0.25) is 0 Å². The van der Waals surface area contributed by atoms with E-state index in [-0.39, 0.29) is 24.4 Å². The molecule has 1 saturated heterocycles. The quantitative estimate of drug-likeness (QED) is 0.610. The van der Waals surface area contributed by atoms with Gasteiger partial charge in [0.15, 0.2) is 0 Å². The lowest BCUT2D eigenvalue weighted by Gasteiger charge is -2.36. The van der Waals surface area contributed by atoms with Crippen LogP contribution in [0.25, 0.3) is 11.4 Å². The van der Waals surface area contributed by atoms with Crippen molar-refractivity contribution in [2.75, 3.05) is 38.0 Å². The molecule has 0 aliphatic carbocycles. The predicted molar refractivity (Wildman–Crippen MR) is 122 cm³/mol. The predicted octanol–water partition coefficient (Wildman–Crippen LogP) is 3.44. The van der Waals surface area contributed by atoms with Crippen LogP contribution in [0.15, 0.2) is 33.2 Å². The number of furan rings is 1. The Morgan fingerprint density at radius 3 is 2.55 bits per heavy atom. The Kier molecular flexibility index (Phi) is 6.58. The van der Waals surface area contributed by atoms with Gasteiger partial charge >= 0.3 is 0 Å². The highest BCUT2D eigenvalue weighted by molar-refractivity contribution is 5.92. The Bertz CT molecular complexity index is 1170. The normalized spacial score (nSPS) is 15.8. The molecule has 9 heteroatoms. The summed E-state index contributed by atoms with van der Waals surface area (Å²) in [6, 6.07) is 10.1. The topological polar surface area (TPSA) is 111 Å². The first-order valence-electron chi connectivity index (χ1n) is 11.0. The molecule has 2 aromatic heterocycles. The number of carbonyl (C=O) groups excluding carboxylic acids is 1. The van der Waals surface area contributed by atoms with Crippen molar-refractivity contribution in [2.45, 2.75) is 33.7 Å². The lowest BCUT2D eigenvalue weighted by molar-refractivity contribution is -0.117. The van der Waals surface area contributed by atoms with Gasteiger partial charge in [0, 0.05) is 37.3 Å². The number of nitrogens with one attached hydrogen (secondary N) is 1. The van der Waals surface area contributed by atoms with E-state index in [4.69, 9.17) is 8.94 Å². The SMILES string of the molecule is Cc1ccc(-c2noc(C(C)N3CCN(CC(=O)Nc4oc(C)c(C)c4C#N)CC3)n2)cc1. The Labute approximate surface area is 193 Å². The van der Waals surface area contributed by atoms with Crippen LogP contribution >= 0.6 is 0 Å². The zero-order valence-corrected chi connectivity index (χ0v) is 19.4. The molecule has 1 atom stereocenters. The first-order valence-corrected chi connectivity index (χ1v) is 11.0. The van der Waals surface area contributed by atoms with Gasteiger partial charge in [-0.25, -0.2) is 0 Å². The first-order chi connectivity index (χ1) is 15.9. The Balaban J connectivity index is 1.30. The molecule has 1 aliphatic rings. The minimum Gasteiger partial charge on any atom is -0.444 e. The number of benzene rings is 1. The summed E-state index contributed by atoms with van der Waals surface area (Å²) < 4.78 is 11.1. The summed E-state index contributed by atoms with van der Waals surface area (Å²) in [5.41, 5.74) is 3.24. The molecular weight excluding hydrogens is 420 g/mol. The number of amides is 1. The molecular formula is C24H28N6O3.